The molecule has 8 heteroatoms. The Morgan fingerprint density at radius 2 is 1.88 bits per heavy atom. The number of carbonyl (C=O) groups is 1. The summed E-state index contributed by atoms with van der Waals surface area (Å²) in [5, 5.41) is 10.8. The van der Waals surface area contributed by atoms with Gasteiger partial charge in [-0.3, -0.25) is 4.79 Å². The van der Waals surface area contributed by atoms with Gasteiger partial charge in [-0.1, -0.05) is 19.6 Å². The van der Waals surface area contributed by atoms with Crippen LogP contribution in [0.1, 0.15) is 39.0 Å². The number of esters is 1. The maximum atomic E-state index is 13.1. The van der Waals surface area contributed by atoms with Gasteiger partial charge in [0, 0.05) is 27.0 Å². The Morgan fingerprint density at radius 3 is 2.50 bits per heavy atom. The summed E-state index contributed by atoms with van der Waals surface area (Å²) < 4.78 is 33.5. The second kappa shape index (κ2) is 6.86. The largest absolute Gasteiger partial charge is 0.462 e. The van der Waals surface area contributed by atoms with Gasteiger partial charge in [0.15, 0.2) is 0 Å². The summed E-state index contributed by atoms with van der Waals surface area (Å²) in [4.78, 5) is 11.6. The fourth-order valence-corrected chi connectivity index (χ4v) is 10.3. The molecule has 1 N–H and O–H groups in total. The molecule has 26 heavy (non-hydrogen) atoms. The van der Waals surface area contributed by atoms with E-state index in [1.54, 1.807) is 4.31 Å². The normalized spacial score (nSPS) is 38.0. The second-order valence-electron chi connectivity index (χ2n) is 9.56. The van der Waals surface area contributed by atoms with E-state index in [-0.39, 0.29) is 17.8 Å². The first-order valence-electron chi connectivity index (χ1n) is 9.82. The molecule has 3 aliphatic rings. The zero-order chi connectivity index (χ0) is 19.3. The first kappa shape index (κ1) is 20.3. The number of nitrogens with zero attached hydrogens (tertiary/aromatic N) is 1. The number of carbonyl (C=O) groups excluding carboxylic acids is 1. The van der Waals surface area contributed by atoms with Crippen molar-refractivity contribution in [2.45, 2.75) is 83.0 Å². The van der Waals surface area contributed by atoms with Crippen LogP contribution in [-0.4, -0.2) is 62.4 Å². The Bertz CT molecular complexity index is 661. The molecular formula is C18H33NO5SSi. The van der Waals surface area contributed by atoms with Crippen LogP contribution in [0.5, 0.6) is 0 Å². The Kier molecular flexibility index (Phi) is 5.36. The highest BCUT2D eigenvalue weighted by atomic mass is 32.2. The van der Waals surface area contributed by atoms with Crippen LogP contribution in [0.2, 0.25) is 25.7 Å². The lowest BCUT2D eigenvalue weighted by atomic mass is 9.63. The molecule has 1 heterocycles. The molecule has 2 aliphatic carbocycles. The standard InChI is InChI=1S/C18H33NO5SSi/c1-13(20)24-16-8-6-14-5-7-15(21)17-18(14,16)9-10-19(17)25(22,23)11-12-26(2,3)4/h14-17,21H,5-12H2,1-4H3/t14-,15-,16+,17+,18-/m1/s1. The van der Waals surface area contributed by atoms with Crippen molar-refractivity contribution in [3.63, 3.8) is 0 Å². The molecule has 0 aromatic heterocycles. The van der Waals surface area contributed by atoms with Crippen molar-refractivity contribution in [3.8, 4) is 0 Å². The number of sulfonamides is 1. The van der Waals surface area contributed by atoms with Gasteiger partial charge in [-0.05, 0) is 44.1 Å². The third-order valence-corrected chi connectivity index (χ3v) is 10.7. The maximum Gasteiger partial charge on any atom is 0.302 e. The Morgan fingerprint density at radius 1 is 1.23 bits per heavy atom. The summed E-state index contributed by atoms with van der Waals surface area (Å²) in [7, 11) is -4.90. The van der Waals surface area contributed by atoms with Gasteiger partial charge in [-0.15, -0.1) is 0 Å². The lowest BCUT2D eigenvalue weighted by Crippen LogP contribution is -2.58. The molecule has 150 valence electrons. The molecule has 0 amide bonds. The smallest absolute Gasteiger partial charge is 0.302 e. The average molecular weight is 404 g/mol. The minimum atomic E-state index is -3.42. The van der Waals surface area contributed by atoms with E-state index in [9.17, 15) is 18.3 Å². The van der Waals surface area contributed by atoms with Crippen LogP contribution in [0.3, 0.4) is 0 Å². The third-order valence-electron chi connectivity index (χ3n) is 6.71. The number of rotatable bonds is 5. The van der Waals surface area contributed by atoms with Crippen LogP contribution in [0, 0.1) is 11.3 Å². The lowest BCUT2D eigenvalue weighted by molar-refractivity contribution is -0.158. The fourth-order valence-electron chi connectivity index (χ4n) is 5.54. The molecule has 1 aliphatic heterocycles. The number of ether oxygens (including phenoxy) is 1. The van der Waals surface area contributed by atoms with Gasteiger partial charge in [-0.2, -0.15) is 4.31 Å². The number of hydrogen-bond donors (Lipinski definition) is 1. The highest BCUT2D eigenvalue weighted by Gasteiger charge is 2.66. The van der Waals surface area contributed by atoms with E-state index in [0.717, 1.165) is 25.3 Å². The lowest BCUT2D eigenvalue weighted by Gasteiger charge is -2.48. The van der Waals surface area contributed by atoms with E-state index in [4.69, 9.17) is 4.74 Å². The van der Waals surface area contributed by atoms with Crippen molar-refractivity contribution in [2.75, 3.05) is 12.3 Å². The van der Waals surface area contributed by atoms with E-state index in [1.807, 2.05) is 0 Å². The Balaban J connectivity index is 1.90. The highest BCUT2D eigenvalue weighted by Crippen LogP contribution is 2.60. The van der Waals surface area contributed by atoms with Crippen molar-refractivity contribution in [3.05, 3.63) is 0 Å². The molecule has 2 saturated carbocycles. The van der Waals surface area contributed by atoms with E-state index in [1.165, 1.54) is 6.92 Å². The van der Waals surface area contributed by atoms with E-state index in [0.29, 0.717) is 25.3 Å². The molecule has 3 rings (SSSR count). The van der Waals surface area contributed by atoms with Crippen LogP contribution >= 0.6 is 0 Å². The second-order valence-corrected chi connectivity index (χ2v) is 17.2. The summed E-state index contributed by atoms with van der Waals surface area (Å²) >= 11 is 0. The minimum Gasteiger partial charge on any atom is -0.462 e. The number of aliphatic hydroxyl groups is 1. The van der Waals surface area contributed by atoms with Crippen LogP contribution in [-0.2, 0) is 19.6 Å². The zero-order valence-electron chi connectivity index (χ0n) is 16.4. The van der Waals surface area contributed by atoms with Crippen molar-refractivity contribution in [1.82, 2.24) is 4.31 Å². The van der Waals surface area contributed by atoms with Crippen LogP contribution in [0.15, 0.2) is 0 Å². The van der Waals surface area contributed by atoms with Crippen molar-refractivity contribution in [2.24, 2.45) is 11.3 Å². The predicted octanol–water partition coefficient (Wildman–Crippen LogP) is 2.21. The van der Waals surface area contributed by atoms with Gasteiger partial charge >= 0.3 is 5.97 Å². The molecule has 0 unspecified atom stereocenters. The molecule has 0 radical (unpaired) electrons. The Hall–Kier alpha value is -0.443. The molecule has 0 aromatic carbocycles. The van der Waals surface area contributed by atoms with Gasteiger partial charge in [0.05, 0.1) is 17.9 Å². The summed E-state index contributed by atoms with van der Waals surface area (Å²) in [5.74, 6) is 0.173. The van der Waals surface area contributed by atoms with Gasteiger partial charge in [0.1, 0.15) is 6.10 Å². The monoisotopic (exact) mass is 403 g/mol. The molecule has 3 fully saturated rings. The SMILES string of the molecule is CC(=O)O[C@H]1CC[C@H]2CC[C@@H](O)[C@@H]3N(S(=O)(=O)CC[Si](C)(C)C)CC[C@@]213. The van der Waals surface area contributed by atoms with E-state index < -0.39 is 35.7 Å². The Labute approximate surface area is 158 Å². The summed E-state index contributed by atoms with van der Waals surface area (Å²) in [6.07, 6.45) is 2.97. The topological polar surface area (TPSA) is 83.9 Å². The molecule has 0 bridgehead atoms. The van der Waals surface area contributed by atoms with E-state index in [2.05, 4.69) is 19.6 Å². The van der Waals surface area contributed by atoms with Crippen molar-refractivity contribution >= 4 is 24.1 Å². The highest BCUT2D eigenvalue weighted by molar-refractivity contribution is 7.89. The van der Waals surface area contributed by atoms with E-state index >= 15 is 0 Å². The molecule has 0 aromatic rings. The molecule has 5 atom stereocenters. The molecule has 1 spiro atoms. The minimum absolute atomic E-state index is 0.158. The van der Waals surface area contributed by atoms with Gasteiger partial charge in [0.25, 0.3) is 0 Å². The molecule has 1 saturated heterocycles. The summed E-state index contributed by atoms with van der Waals surface area (Å²) in [5.41, 5.74) is -0.407. The third kappa shape index (κ3) is 3.50. The quantitative estimate of drug-likeness (QED) is 0.562. The van der Waals surface area contributed by atoms with Gasteiger partial charge in [0.2, 0.25) is 10.0 Å². The van der Waals surface area contributed by atoms with Gasteiger partial charge < -0.3 is 9.84 Å². The number of aliphatic hydroxyl groups excluding tert-OH is 1. The predicted molar refractivity (Wildman–Crippen MR) is 103 cm³/mol. The zero-order valence-corrected chi connectivity index (χ0v) is 18.2. The summed E-state index contributed by atoms with van der Waals surface area (Å²) in [6, 6.07) is 0.276. The van der Waals surface area contributed by atoms with Crippen LogP contribution in [0.25, 0.3) is 0 Å². The molecular weight excluding hydrogens is 370 g/mol. The van der Waals surface area contributed by atoms with Crippen LogP contribution in [0.4, 0.5) is 0 Å². The number of hydrogen-bond acceptors (Lipinski definition) is 5. The van der Waals surface area contributed by atoms with Crippen molar-refractivity contribution in [1.29, 1.82) is 0 Å². The average Bonchev–Trinajstić information content (AvgIpc) is 3.07. The summed E-state index contributed by atoms with van der Waals surface area (Å²) in [6.45, 7) is 8.37. The molecule has 6 nitrogen and oxygen atoms in total. The van der Waals surface area contributed by atoms with Crippen LogP contribution < -0.4 is 0 Å². The van der Waals surface area contributed by atoms with Crippen molar-refractivity contribution < 1.29 is 23.1 Å². The first-order valence-corrected chi connectivity index (χ1v) is 15.1. The fraction of sp³-hybridized carbons (Fsp3) is 0.944. The maximum absolute atomic E-state index is 13.1. The van der Waals surface area contributed by atoms with Gasteiger partial charge in [-0.25, -0.2) is 8.42 Å². The first-order chi connectivity index (χ1) is 12.0.